The van der Waals surface area contributed by atoms with E-state index >= 15 is 0 Å². The molecular formula is C23H26S. The second-order valence-electron chi connectivity index (χ2n) is 7.62. The molecule has 2 unspecified atom stereocenters. The molecule has 1 heterocycles. The van der Waals surface area contributed by atoms with Crippen LogP contribution in [-0.2, 0) is 10.8 Å². The summed E-state index contributed by atoms with van der Waals surface area (Å²) in [5, 5.41) is 1.47. The Kier molecular flexibility index (Phi) is 3.61. The Morgan fingerprint density at radius 1 is 0.875 bits per heavy atom. The van der Waals surface area contributed by atoms with E-state index in [2.05, 4.69) is 76.2 Å². The Balaban J connectivity index is 2.16. The van der Waals surface area contributed by atoms with Gasteiger partial charge < -0.3 is 0 Å². The highest BCUT2D eigenvalue weighted by Crippen LogP contribution is 2.61. The lowest BCUT2D eigenvalue weighted by Crippen LogP contribution is -2.47. The van der Waals surface area contributed by atoms with Crippen molar-refractivity contribution in [2.24, 2.45) is 0 Å². The molecule has 0 saturated heterocycles. The van der Waals surface area contributed by atoms with Gasteiger partial charge in [0.05, 0.1) is 0 Å². The minimum absolute atomic E-state index is 0.173. The van der Waals surface area contributed by atoms with Crippen LogP contribution in [0.4, 0.5) is 0 Å². The minimum Gasteiger partial charge on any atom is -0.135 e. The van der Waals surface area contributed by atoms with Gasteiger partial charge in [-0.1, -0.05) is 76.6 Å². The van der Waals surface area contributed by atoms with Gasteiger partial charge in [0, 0.05) is 20.4 Å². The van der Waals surface area contributed by atoms with Gasteiger partial charge in [-0.3, -0.25) is 0 Å². The molecule has 0 N–H and O–H groups in total. The largest absolute Gasteiger partial charge is 0.135 e. The highest BCUT2D eigenvalue weighted by molar-refractivity contribution is 7.22. The van der Waals surface area contributed by atoms with E-state index < -0.39 is 0 Å². The number of hydrogen-bond donors (Lipinski definition) is 0. The van der Waals surface area contributed by atoms with Crippen molar-refractivity contribution in [3.05, 3.63) is 59.7 Å². The van der Waals surface area contributed by atoms with Gasteiger partial charge in [-0.2, -0.15) is 0 Å². The first-order chi connectivity index (χ1) is 11.6. The molecule has 0 saturated carbocycles. The molecule has 24 heavy (non-hydrogen) atoms. The summed E-state index contributed by atoms with van der Waals surface area (Å²) >= 11 is 1.98. The standard InChI is InChI=1S/C23H26S/c1-5-15-23(4)18-13-9-7-11-16(18)21-20(22(23,3)6-2)17-12-8-10-14-19(17)24-21/h7-14H,5-6,15H2,1-4H3. The molecule has 0 radical (unpaired) electrons. The second kappa shape index (κ2) is 5.46. The van der Waals surface area contributed by atoms with E-state index in [-0.39, 0.29) is 10.8 Å². The summed E-state index contributed by atoms with van der Waals surface area (Å²) in [6.07, 6.45) is 3.63. The third kappa shape index (κ3) is 1.85. The highest BCUT2D eigenvalue weighted by Gasteiger charge is 2.51. The molecule has 1 aliphatic carbocycles. The number of fused-ring (bicyclic) bond motifs is 5. The maximum absolute atomic E-state index is 2.51. The fraction of sp³-hybridized carbons (Fsp3) is 0.391. The fourth-order valence-electron chi connectivity index (χ4n) is 5.00. The number of hydrogen-bond acceptors (Lipinski definition) is 1. The normalized spacial score (nSPS) is 25.5. The predicted octanol–water partition coefficient (Wildman–Crippen LogP) is 7.31. The molecule has 1 heteroatoms. The average molecular weight is 335 g/mol. The molecule has 1 aliphatic rings. The summed E-state index contributed by atoms with van der Waals surface area (Å²) < 4.78 is 1.43. The van der Waals surface area contributed by atoms with E-state index in [0.717, 1.165) is 0 Å². The zero-order valence-electron chi connectivity index (χ0n) is 15.1. The summed E-state index contributed by atoms with van der Waals surface area (Å²) in [5.41, 5.74) is 4.97. The Morgan fingerprint density at radius 3 is 2.33 bits per heavy atom. The molecule has 2 aromatic carbocycles. The van der Waals surface area contributed by atoms with E-state index in [1.165, 1.54) is 39.8 Å². The van der Waals surface area contributed by atoms with Crippen LogP contribution in [-0.4, -0.2) is 0 Å². The van der Waals surface area contributed by atoms with Crippen LogP contribution in [0.15, 0.2) is 48.5 Å². The van der Waals surface area contributed by atoms with Gasteiger partial charge in [-0.15, -0.1) is 11.3 Å². The van der Waals surface area contributed by atoms with Gasteiger partial charge in [-0.05, 0) is 41.0 Å². The van der Waals surface area contributed by atoms with Gasteiger partial charge in [0.2, 0.25) is 0 Å². The van der Waals surface area contributed by atoms with Gasteiger partial charge in [-0.25, -0.2) is 0 Å². The van der Waals surface area contributed by atoms with Crippen molar-refractivity contribution in [1.29, 1.82) is 0 Å². The lowest BCUT2D eigenvalue weighted by Gasteiger charge is -2.51. The summed E-state index contributed by atoms with van der Waals surface area (Å²) in [4.78, 5) is 1.50. The Bertz CT molecular complexity index is 903. The monoisotopic (exact) mass is 334 g/mol. The SMILES string of the molecule is CCCC1(C)c2ccccc2-c2sc3ccccc3c2C1(C)CC. The predicted molar refractivity (Wildman–Crippen MR) is 107 cm³/mol. The lowest BCUT2D eigenvalue weighted by atomic mass is 9.52. The molecule has 1 aromatic heterocycles. The number of rotatable bonds is 3. The van der Waals surface area contributed by atoms with Crippen LogP contribution in [0.2, 0.25) is 0 Å². The van der Waals surface area contributed by atoms with Gasteiger partial charge in [0.1, 0.15) is 0 Å². The van der Waals surface area contributed by atoms with Crippen LogP contribution in [0.3, 0.4) is 0 Å². The van der Waals surface area contributed by atoms with Gasteiger partial charge in [0.25, 0.3) is 0 Å². The molecule has 3 aromatic rings. The molecule has 2 atom stereocenters. The van der Waals surface area contributed by atoms with E-state index in [0.29, 0.717) is 0 Å². The molecule has 4 rings (SSSR count). The first-order valence-electron chi connectivity index (χ1n) is 9.18. The number of benzene rings is 2. The Morgan fingerprint density at radius 2 is 1.58 bits per heavy atom. The summed E-state index contributed by atoms with van der Waals surface area (Å²) in [7, 11) is 0. The topological polar surface area (TPSA) is 0 Å². The molecule has 0 bridgehead atoms. The average Bonchev–Trinajstić information content (AvgIpc) is 3.00. The van der Waals surface area contributed by atoms with Crippen molar-refractivity contribution < 1.29 is 0 Å². The summed E-state index contributed by atoms with van der Waals surface area (Å²) in [5.74, 6) is 0. The van der Waals surface area contributed by atoms with E-state index in [1.54, 1.807) is 11.1 Å². The first-order valence-corrected chi connectivity index (χ1v) is 10.0. The summed E-state index contributed by atoms with van der Waals surface area (Å²) in [6, 6.07) is 18.1. The molecule has 0 aliphatic heterocycles. The Labute approximate surface area is 149 Å². The van der Waals surface area contributed by atoms with Crippen molar-refractivity contribution in [3.8, 4) is 10.4 Å². The first kappa shape index (κ1) is 15.9. The molecule has 0 fully saturated rings. The Hall–Kier alpha value is -1.60. The highest BCUT2D eigenvalue weighted by atomic mass is 32.1. The van der Waals surface area contributed by atoms with Crippen LogP contribution in [0.25, 0.3) is 20.5 Å². The van der Waals surface area contributed by atoms with Crippen molar-refractivity contribution in [2.45, 2.75) is 57.8 Å². The quantitative estimate of drug-likeness (QED) is 0.471. The summed E-state index contributed by atoms with van der Waals surface area (Å²) in [6.45, 7) is 9.72. The fourth-order valence-corrected chi connectivity index (χ4v) is 6.37. The van der Waals surface area contributed by atoms with Gasteiger partial charge >= 0.3 is 0 Å². The second-order valence-corrected chi connectivity index (χ2v) is 8.67. The van der Waals surface area contributed by atoms with Crippen LogP contribution >= 0.6 is 11.3 Å². The van der Waals surface area contributed by atoms with Crippen molar-refractivity contribution in [1.82, 2.24) is 0 Å². The molecule has 0 amide bonds. The van der Waals surface area contributed by atoms with Crippen LogP contribution in [0, 0.1) is 0 Å². The molecule has 0 spiro atoms. The zero-order valence-corrected chi connectivity index (χ0v) is 16.0. The van der Waals surface area contributed by atoms with E-state index in [9.17, 15) is 0 Å². The third-order valence-corrected chi connectivity index (χ3v) is 7.79. The van der Waals surface area contributed by atoms with Crippen LogP contribution in [0.1, 0.15) is 58.1 Å². The third-order valence-electron chi connectivity index (χ3n) is 6.59. The molecule has 0 nitrogen and oxygen atoms in total. The van der Waals surface area contributed by atoms with Gasteiger partial charge in [0.15, 0.2) is 0 Å². The maximum Gasteiger partial charge on any atom is 0.0396 e. The van der Waals surface area contributed by atoms with Crippen LogP contribution < -0.4 is 0 Å². The zero-order chi connectivity index (χ0) is 16.9. The lowest BCUT2D eigenvalue weighted by molar-refractivity contribution is 0.224. The van der Waals surface area contributed by atoms with Crippen molar-refractivity contribution in [3.63, 3.8) is 0 Å². The minimum atomic E-state index is 0.173. The van der Waals surface area contributed by atoms with Crippen molar-refractivity contribution in [2.75, 3.05) is 0 Å². The maximum atomic E-state index is 2.51. The van der Waals surface area contributed by atoms with E-state index in [1.807, 2.05) is 11.3 Å². The number of thiophene rings is 1. The van der Waals surface area contributed by atoms with Crippen molar-refractivity contribution >= 4 is 21.4 Å². The smallest absolute Gasteiger partial charge is 0.0396 e. The van der Waals surface area contributed by atoms with E-state index in [4.69, 9.17) is 0 Å². The molecule has 124 valence electrons. The van der Waals surface area contributed by atoms with Crippen LogP contribution in [0.5, 0.6) is 0 Å². The molecular weight excluding hydrogens is 308 g/mol.